The van der Waals surface area contributed by atoms with Gasteiger partial charge < -0.3 is 19.2 Å². The van der Waals surface area contributed by atoms with Gasteiger partial charge in [-0.1, -0.05) is 29.8 Å². The second kappa shape index (κ2) is 8.98. The minimum atomic E-state index is -0.273. The second-order valence-electron chi connectivity index (χ2n) is 7.48. The van der Waals surface area contributed by atoms with Crippen LogP contribution in [0.3, 0.4) is 0 Å². The number of aryl methyl sites for hydroxylation is 2. The Morgan fingerprint density at radius 2 is 1.69 bits per heavy atom. The van der Waals surface area contributed by atoms with Gasteiger partial charge in [0.25, 0.3) is 5.91 Å². The molecule has 1 amide bonds. The summed E-state index contributed by atoms with van der Waals surface area (Å²) in [6, 6.07) is 18.1. The molecule has 1 heterocycles. The Hall–Kier alpha value is -4.06. The minimum Gasteiger partial charge on any atom is -0.497 e. The first-order valence-electron chi connectivity index (χ1n) is 10.1. The highest BCUT2D eigenvalue weighted by Crippen LogP contribution is 2.28. The van der Waals surface area contributed by atoms with E-state index >= 15 is 0 Å². The third kappa shape index (κ3) is 4.34. The van der Waals surface area contributed by atoms with Gasteiger partial charge in [0, 0.05) is 11.3 Å². The van der Waals surface area contributed by atoms with Gasteiger partial charge in [-0.2, -0.15) is 0 Å². The van der Waals surface area contributed by atoms with Crippen LogP contribution in [0, 0.1) is 13.8 Å². The fourth-order valence-corrected chi connectivity index (χ4v) is 3.42. The number of carbonyl (C=O) groups excluding carboxylic acids is 1. The Balaban J connectivity index is 1.54. The molecule has 6 heteroatoms. The van der Waals surface area contributed by atoms with Crippen molar-refractivity contribution in [2.75, 3.05) is 19.0 Å². The molecule has 0 unspecified atom stereocenters. The Bertz CT molecular complexity index is 1320. The van der Waals surface area contributed by atoms with Crippen molar-refractivity contribution in [3.8, 4) is 22.6 Å². The molecule has 162 valence electrons. The maximum Gasteiger partial charge on any atom is 0.262 e. The van der Waals surface area contributed by atoms with Crippen LogP contribution in [0.5, 0.6) is 11.5 Å². The Labute approximate surface area is 185 Å². The predicted molar refractivity (Wildman–Crippen MR) is 125 cm³/mol. The van der Waals surface area contributed by atoms with E-state index in [4.69, 9.17) is 13.9 Å². The highest BCUT2D eigenvalue weighted by molar-refractivity contribution is 5.92. The summed E-state index contributed by atoms with van der Waals surface area (Å²) in [4.78, 5) is 25.3. The van der Waals surface area contributed by atoms with Crippen LogP contribution in [0.4, 0.5) is 5.69 Å². The van der Waals surface area contributed by atoms with Crippen LogP contribution >= 0.6 is 0 Å². The van der Waals surface area contributed by atoms with Crippen molar-refractivity contribution in [2.24, 2.45) is 0 Å². The molecule has 3 aromatic carbocycles. The molecule has 1 N–H and O–H groups in total. The molecule has 32 heavy (non-hydrogen) atoms. The molecule has 0 saturated heterocycles. The number of nitrogens with one attached hydrogen (secondary N) is 1. The van der Waals surface area contributed by atoms with Gasteiger partial charge in [-0.3, -0.25) is 9.59 Å². The maximum atomic E-state index is 13.0. The Morgan fingerprint density at radius 1 is 0.969 bits per heavy atom. The van der Waals surface area contributed by atoms with Crippen molar-refractivity contribution in [1.82, 2.24) is 0 Å². The number of hydrogen-bond donors (Lipinski definition) is 1. The van der Waals surface area contributed by atoms with Gasteiger partial charge in [0.2, 0.25) is 5.43 Å². The number of fused-ring (bicyclic) bond motifs is 1. The lowest BCUT2D eigenvalue weighted by Gasteiger charge is -2.12. The standard InChI is InChI=1S/C26H23NO5/c1-16-4-8-19(9-5-16)27-24(28)15-31-23-13-12-21-25(29)22(14-32-26(21)17(23)2)18-6-10-20(30-3)11-7-18/h4-14H,15H2,1-3H3,(H,27,28). The predicted octanol–water partition coefficient (Wildman–Crippen LogP) is 5.10. The van der Waals surface area contributed by atoms with Gasteiger partial charge in [0.1, 0.15) is 23.3 Å². The lowest BCUT2D eigenvalue weighted by Crippen LogP contribution is -2.20. The molecule has 0 spiro atoms. The molecule has 0 bridgehead atoms. The number of amides is 1. The van der Waals surface area contributed by atoms with Gasteiger partial charge in [0.05, 0.1) is 18.1 Å². The highest BCUT2D eigenvalue weighted by atomic mass is 16.5. The molecule has 0 atom stereocenters. The smallest absolute Gasteiger partial charge is 0.262 e. The molecule has 1 aromatic heterocycles. The number of benzene rings is 3. The summed E-state index contributed by atoms with van der Waals surface area (Å²) in [6.07, 6.45) is 1.45. The van der Waals surface area contributed by atoms with Gasteiger partial charge in [-0.05, 0) is 55.8 Å². The first kappa shape index (κ1) is 21.2. The summed E-state index contributed by atoms with van der Waals surface area (Å²) >= 11 is 0. The van der Waals surface area contributed by atoms with Gasteiger partial charge in [-0.15, -0.1) is 0 Å². The van der Waals surface area contributed by atoms with Crippen LogP contribution in [-0.4, -0.2) is 19.6 Å². The zero-order valence-corrected chi connectivity index (χ0v) is 18.1. The Morgan fingerprint density at radius 3 is 2.38 bits per heavy atom. The summed E-state index contributed by atoms with van der Waals surface area (Å²) in [7, 11) is 1.59. The molecule has 0 fully saturated rings. The average Bonchev–Trinajstić information content (AvgIpc) is 2.81. The number of hydrogen-bond acceptors (Lipinski definition) is 5. The molecule has 0 radical (unpaired) electrons. The first-order chi connectivity index (χ1) is 15.5. The Kier molecular flexibility index (Phi) is 5.94. The van der Waals surface area contributed by atoms with E-state index in [0.29, 0.717) is 39.3 Å². The first-order valence-corrected chi connectivity index (χ1v) is 10.1. The summed E-state index contributed by atoms with van der Waals surface area (Å²) in [5.41, 5.74) is 3.98. The van der Waals surface area contributed by atoms with E-state index in [1.165, 1.54) is 6.26 Å². The van der Waals surface area contributed by atoms with E-state index in [9.17, 15) is 9.59 Å². The van der Waals surface area contributed by atoms with Gasteiger partial charge in [0.15, 0.2) is 6.61 Å². The van der Waals surface area contributed by atoms with Crippen LogP contribution in [0.25, 0.3) is 22.1 Å². The SMILES string of the molecule is COc1ccc(-c2coc3c(C)c(OCC(=O)Nc4ccc(C)cc4)ccc3c2=O)cc1. The van der Waals surface area contributed by atoms with Crippen molar-refractivity contribution in [1.29, 1.82) is 0 Å². The van der Waals surface area contributed by atoms with Gasteiger partial charge in [-0.25, -0.2) is 0 Å². The van der Waals surface area contributed by atoms with Gasteiger partial charge >= 0.3 is 0 Å². The zero-order chi connectivity index (χ0) is 22.7. The lowest BCUT2D eigenvalue weighted by molar-refractivity contribution is -0.118. The number of ether oxygens (including phenoxy) is 2. The molecule has 0 saturated carbocycles. The molecular formula is C26H23NO5. The third-order valence-corrected chi connectivity index (χ3v) is 5.24. The number of methoxy groups -OCH3 is 1. The van der Waals surface area contributed by atoms with E-state index in [2.05, 4.69) is 5.32 Å². The zero-order valence-electron chi connectivity index (χ0n) is 18.1. The van der Waals surface area contributed by atoms with E-state index < -0.39 is 0 Å². The van der Waals surface area contributed by atoms with Crippen molar-refractivity contribution >= 4 is 22.6 Å². The fourth-order valence-electron chi connectivity index (χ4n) is 3.42. The molecule has 0 aliphatic carbocycles. The highest BCUT2D eigenvalue weighted by Gasteiger charge is 2.14. The largest absolute Gasteiger partial charge is 0.497 e. The van der Waals surface area contributed by atoms with Crippen molar-refractivity contribution in [2.45, 2.75) is 13.8 Å². The molecule has 4 aromatic rings. The van der Waals surface area contributed by atoms with Crippen LogP contribution in [0.2, 0.25) is 0 Å². The summed E-state index contributed by atoms with van der Waals surface area (Å²) in [6.45, 7) is 3.62. The number of anilines is 1. The lowest BCUT2D eigenvalue weighted by atomic mass is 10.0. The van der Waals surface area contributed by atoms with E-state index in [0.717, 1.165) is 11.1 Å². The molecule has 0 aliphatic rings. The molecule has 0 aliphatic heterocycles. The number of rotatable bonds is 6. The molecular weight excluding hydrogens is 406 g/mol. The monoisotopic (exact) mass is 429 g/mol. The van der Waals surface area contributed by atoms with Crippen molar-refractivity contribution in [3.05, 3.63) is 88.3 Å². The van der Waals surface area contributed by atoms with Crippen LogP contribution in [0.1, 0.15) is 11.1 Å². The number of carbonyl (C=O) groups is 1. The maximum absolute atomic E-state index is 13.0. The topological polar surface area (TPSA) is 77.8 Å². The second-order valence-corrected chi connectivity index (χ2v) is 7.48. The summed E-state index contributed by atoms with van der Waals surface area (Å²) in [5, 5.41) is 3.24. The van der Waals surface area contributed by atoms with Crippen LogP contribution in [-0.2, 0) is 4.79 Å². The van der Waals surface area contributed by atoms with E-state index in [1.54, 1.807) is 38.3 Å². The molecule has 4 rings (SSSR count). The van der Waals surface area contributed by atoms with Crippen LogP contribution in [0.15, 0.2) is 76.1 Å². The third-order valence-electron chi connectivity index (χ3n) is 5.24. The molecule has 6 nitrogen and oxygen atoms in total. The average molecular weight is 429 g/mol. The normalized spacial score (nSPS) is 10.7. The van der Waals surface area contributed by atoms with Crippen LogP contribution < -0.4 is 20.2 Å². The van der Waals surface area contributed by atoms with E-state index in [1.807, 2.05) is 43.3 Å². The quantitative estimate of drug-likeness (QED) is 0.461. The summed E-state index contributed by atoms with van der Waals surface area (Å²) < 4.78 is 16.7. The van der Waals surface area contributed by atoms with E-state index in [-0.39, 0.29) is 17.9 Å². The minimum absolute atomic E-state index is 0.136. The van der Waals surface area contributed by atoms with Crippen molar-refractivity contribution in [3.63, 3.8) is 0 Å². The fraction of sp³-hybridized carbons (Fsp3) is 0.154. The summed E-state index contributed by atoms with van der Waals surface area (Å²) in [5.74, 6) is 0.921. The van der Waals surface area contributed by atoms with Crippen molar-refractivity contribution < 1.29 is 18.7 Å².